The van der Waals surface area contributed by atoms with Crippen molar-refractivity contribution in [2.24, 2.45) is 5.92 Å². The molecule has 0 bridgehead atoms. The number of anilines is 1. The van der Waals surface area contributed by atoms with E-state index < -0.39 is 5.54 Å². The van der Waals surface area contributed by atoms with Crippen molar-refractivity contribution in [1.29, 1.82) is 0 Å². The lowest BCUT2D eigenvalue weighted by Gasteiger charge is -2.43. The van der Waals surface area contributed by atoms with E-state index in [9.17, 15) is 14.4 Å². The second-order valence-electron chi connectivity index (χ2n) is 8.62. The molecule has 1 aromatic rings. The third kappa shape index (κ3) is 4.45. The highest BCUT2D eigenvalue weighted by atomic mass is 16.2. The van der Waals surface area contributed by atoms with E-state index in [1.165, 1.54) is 0 Å². The molecule has 0 saturated carbocycles. The van der Waals surface area contributed by atoms with Gasteiger partial charge in [0.15, 0.2) is 0 Å². The summed E-state index contributed by atoms with van der Waals surface area (Å²) >= 11 is 0. The zero-order valence-electron chi connectivity index (χ0n) is 18.4. The lowest BCUT2D eigenvalue weighted by Crippen LogP contribution is -2.57. The van der Waals surface area contributed by atoms with Crippen molar-refractivity contribution in [3.05, 3.63) is 30.3 Å². The van der Waals surface area contributed by atoms with Crippen molar-refractivity contribution in [2.75, 3.05) is 37.7 Å². The summed E-state index contributed by atoms with van der Waals surface area (Å²) in [6, 6.07) is 9.89. The Hall–Kier alpha value is -2.57. The number of piperidine rings is 1. The molecule has 3 amide bonds. The minimum atomic E-state index is -0.696. The summed E-state index contributed by atoms with van der Waals surface area (Å²) in [4.78, 5) is 44.0. The predicted molar refractivity (Wildman–Crippen MR) is 117 cm³/mol. The second-order valence-corrected chi connectivity index (χ2v) is 8.62. The molecule has 2 aliphatic rings. The summed E-state index contributed by atoms with van der Waals surface area (Å²) in [5, 5.41) is 2.91. The van der Waals surface area contributed by atoms with Crippen LogP contribution in [0.3, 0.4) is 0 Å². The van der Waals surface area contributed by atoms with Crippen molar-refractivity contribution in [3.8, 4) is 0 Å². The highest BCUT2D eigenvalue weighted by molar-refractivity contribution is 5.96. The van der Waals surface area contributed by atoms with Crippen LogP contribution in [0.1, 0.15) is 46.5 Å². The molecule has 0 aromatic heterocycles. The van der Waals surface area contributed by atoms with Gasteiger partial charge in [-0.15, -0.1) is 0 Å². The van der Waals surface area contributed by atoms with E-state index in [0.717, 1.165) is 18.5 Å². The molecule has 1 spiro atoms. The molecule has 0 radical (unpaired) electrons. The SMILES string of the molecule is CCCCNC(=O)CN1CN(c2ccccc2)C2(CCN(C(=O)C(C)C)CC2)C1=O. The minimum Gasteiger partial charge on any atom is -0.355 e. The average Bonchev–Trinajstić information content (AvgIpc) is 3.00. The first kappa shape index (κ1) is 22.1. The zero-order valence-corrected chi connectivity index (χ0v) is 18.4. The summed E-state index contributed by atoms with van der Waals surface area (Å²) in [5.41, 5.74) is 0.280. The number of unbranched alkanes of at least 4 members (excludes halogenated alkanes) is 1. The van der Waals surface area contributed by atoms with E-state index in [1.807, 2.05) is 49.1 Å². The number of hydrogen-bond acceptors (Lipinski definition) is 4. The number of para-hydroxylation sites is 1. The summed E-state index contributed by atoms with van der Waals surface area (Å²) in [5.74, 6) is -0.0384. The van der Waals surface area contributed by atoms with Gasteiger partial charge in [-0.2, -0.15) is 0 Å². The first-order valence-corrected chi connectivity index (χ1v) is 11.1. The first-order chi connectivity index (χ1) is 14.4. The molecule has 0 unspecified atom stereocenters. The van der Waals surface area contributed by atoms with E-state index in [0.29, 0.717) is 39.1 Å². The maximum Gasteiger partial charge on any atom is 0.250 e. The van der Waals surface area contributed by atoms with Gasteiger partial charge in [0.1, 0.15) is 12.1 Å². The lowest BCUT2D eigenvalue weighted by atomic mass is 9.85. The topological polar surface area (TPSA) is 73.0 Å². The fraction of sp³-hybridized carbons (Fsp3) is 0.609. The van der Waals surface area contributed by atoms with Gasteiger partial charge < -0.3 is 20.0 Å². The fourth-order valence-corrected chi connectivity index (χ4v) is 4.42. The number of amides is 3. The van der Waals surface area contributed by atoms with Gasteiger partial charge in [0, 0.05) is 31.2 Å². The van der Waals surface area contributed by atoms with E-state index in [4.69, 9.17) is 0 Å². The van der Waals surface area contributed by atoms with Crippen molar-refractivity contribution in [2.45, 2.75) is 52.0 Å². The van der Waals surface area contributed by atoms with Crippen LogP contribution in [0, 0.1) is 5.92 Å². The fourth-order valence-electron chi connectivity index (χ4n) is 4.42. The smallest absolute Gasteiger partial charge is 0.250 e. The molecule has 0 aliphatic carbocycles. The van der Waals surface area contributed by atoms with Gasteiger partial charge in [-0.3, -0.25) is 14.4 Å². The Morgan fingerprint density at radius 3 is 2.40 bits per heavy atom. The van der Waals surface area contributed by atoms with Gasteiger partial charge in [-0.25, -0.2) is 0 Å². The van der Waals surface area contributed by atoms with Crippen molar-refractivity contribution in [3.63, 3.8) is 0 Å². The molecule has 7 nitrogen and oxygen atoms in total. The highest BCUT2D eigenvalue weighted by Gasteiger charge is 2.54. The van der Waals surface area contributed by atoms with Crippen LogP contribution in [0.25, 0.3) is 0 Å². The van der Waals surface area contributed by atoms with Gasteiger partial charge in [0.25, 0.3) is 5.91 Å². The largest absolute Gasteiger partial charge is 0.355 e. The van der Waals surface area contributed by atoms with Crippen LogP contribution in [-0.2, 0) is 14.4 Å². The van der Waals surface area contributed by atoms with Crippen LogP contribution in [0.5, 0.6) is 0 Å². The van der Waals surface area contributed by atoms with Crippen LogP contribution in [-0.4, -0.2) is 65.9 Å². The summed E-state index contributed by atoms with van der Waals surface area (Å²) < 4.78 is 0. The zero-order chi connectivity index (χ0) is 21.7. The maximum absolute atomic E-state index is 13.5. The van der Waals surface area contributed by atoms with E-state index in [2.05, 4.69) is 17.1 Å². The molecule has 164 valence electrons. The molecule has 2 heterocycles. The van der Waals surface area contributed by atoms with E-state index >= 15 is 0 Å². The molecule has 2 saturated heterocycles. The van der Waals surface area contributed by atoms with Gasteiger partial charge >= 0.3 is 0 Å². The number of rotatable bonds is 7. The van der Waals surface area contributed by atoms with Crippen LogP contribution in [0.4, 0.5) is 5.69 Å². The maximum atomic E-state index is 13.5. The minimum absolute atomic E-state index is 0.00589. The summed E-state index contributed by atoms with van der Waals surface area (Å²) in [6.45, 7) is 8.10. The summed E-state index contributed by atoms with van der Waals surface area (Å²) in [7, 11) is 0. The van der Waals surface area contributed by atoms with Crippen LogP contribution in [0.15, 0.2) is 30.3 Å². The molecule has 0 atom stereocenters. The number of nitrogens with one attached hydrogen (secondary N) is 1. The number of nitrogens with zero attached hydrogens (tertiary/aromatic N) is 3. The Balaban J connectivity index is 1.78. The highest BCUT2D eigenvalue weighted by Crippen LogP contribution is 2.39. The third-order valence-electron chi connectivity index (χ3n) is 6.17. The van der Waals surface area contributed by atoms with Crippen LogP contribution < -0.4 is 10.2 Å². The molecule has 30 heavy (non-hydrogen) atoms. The molecule has 2 aliphatic heterocycles. The van der Waals surface area contributed by atoms with Crippen molar-refractivity contribution >= 4 is 23.4 Å². The monoisotopic (exact) mass is 414 g/mol. The predicted octanol–water partition coefficient (Wildman–Crippen LogP) is 2.23. The standard InChI is InChI=1S/C23H34N4O3/c1-4-5-13-24-20(28)16-26-17-27(19-9-7-6-8-10-19)23(22(26)30)11-14-25(15-12-23)21(29)18(2)3/h6-10,18H,4-5,11-17H2,1-3H3,(H,24,28). The second kappa shape index (κ2) is 9.49. The summed E-state index contributed by atoms with van der Waals surface area (Å²) in [6.07, 6.45) is 3.10. The molecule has 7 heteroatoms. The number of hydrogen-bond donors (Lipinski definition) is 1. The molecule has 1 N–H and O–H groups in total. The van der Waals surface area contributed by atoms with Crippen LogP contribution >= 0.6 is 0 Å². The van der Waals surface area contributed by atoms with Gasteiger partial charge in [-0.1, -0.05) is 45.4 Å². The Labute approximate surface area is 179 Å². The number of carbonyl (C=O) groups excluding carboxylic acids is 3. The van der Waals surface area contributed by atoms with E-state index in [-0.39, 0.29) is 30.2 Å². The van der Waals surface area contributed by atoms with Gasteiger partial charge in [0.05, 0.1) is 6.67 Å². The number of benzene rings is 1. The number of carbonyl (C=O) groups is 3. The molecular formula is C23H34N4O3. The molecule has 2 fully saturated rings. The number of likely N-dealkylation sites (tertiary alicyclic amines) is 1. The average molecular weight is 415 g/mol. The molecule has 3 rings (SSSR count). The molecule has 1 aromatic carbocycles. The van der Waals surface area contributed by atoms with Crippen molar-refractivity contribution in [1.82, 2.24) is 15.1 Å². The Morgan fingerprint density at radius 2 is 1.80 bits per heavy atom. The Kier molecular flexibility index (Phi) is 7.00. The molecular weight excluding hydrogens is 380 g/mol. The Morgan fingerprint density at radius 1 is 1.13 bits per heavy atom. The normalized spacial score (nSPS) is 18.4. The van der Waals surface area contributed by atoms with Gasteiger partial charge in [0.2, 0.25) is 11.8 Å². The quantitative estimate of drug-likeness (QED) is 0.695. The van der Waals surface area contributed by atoms with Crippen LogP contribution in [0.2, 0.25) is 0 Å². The first-order valence-electron chi connectivity index (χ1n) is 11.1. The Bertz CT molecular complexity index is 757. The van der Waals surface area contributed by atoms with E-state index in [1.54, 1.807) is 4.90 Å². The van der Waals surface area contributed by atoms with Crippen molar-refractivity contribution < 1.29 is 14.4 Å². The third-order valence-corrected chi connectivity index (χ3v) is 6.17. The lowest BCUT2D eigenvalue weighted by molar-refractivity contribution is -0.141. The van der Waals surface area contributed by atoms with Gasteiger partial charge in [-0.05, 0) is 31.4 Å².